The molecule has 0 saturated heterocycles. The molecular weight excluding hydrogens is 268 g/mol. The molecule has 0 aromatic carbocycles. The molecule has 0 atom stereocenters. The minimum atomic E-state index is -0.206. The Hall–Kier alpha value is -2.63. The molecule has 2 aromatic rings. The highest BCUT2D eigenvalue weighted by atomic mass is 16.5. The first-order chi connectivity index (χ1) is 10.2. The predicted molar refractivity (Wildman–Crippen MR) is 81.8 cm³/mol. The molecule has 6 heteroatoms. The van der Waals surface area contributed by atoms with Crippen molar-refractivity contribution >= 4 is 17.4 Å². The molecule has 0 saturated carbocycles. The number of amides is 1. The number of carbonyl (C=O) groups is 1. The standard InChI is InChI=1S/C15H18N4O2/c1-3-16-13-9-11(7-8-17-13)15(20)19-12-5-6-14(18-10-12)21-4-2/h5-10H,3-4H2,1-2H3,(H,16,17)(H,19,20). The minimum absolute atomic E-state index is 0.206. The third-order valence-corrected chi connectivity index (χ3v) is 2.67. The summed E-state index contributed by atoms with van der Waals surface area (Å²) < 4.78 is 5.25. The van der Waals surface area contributed by atoms with E-state index >= 15 is 0 Å². The van der Waals surface area contributed by atoms with Gasteiger partial charge in [-0.1, -0.05) is 0 Å². The summed E-state index contributed by atoms with van der Waals surface area (Å²) in [6.45, 7) is 5.17. The van der Waals surface area contributed by atoms with Gasteiger partial charge >= 0.3 is 0 Å². The molecule has 0 spiro atoms. The van der Waals surface area contributed by atoms with Crippen LogP contribution in [-0.2, 0) is 0 Å². The number of hydrogen-bond acceptors (Lipinski definition) is 5. The molecule has 2 aromatic heterocycles. The number of nitrogens with one attached hydrogen (secondary N) is 2. The van der Waals surface area contributed by atoms with E-state index < -0.39 is 0 Å². The van der Waals surface area contributed by atoms with E-state index in [0.29, 0.717) is 29.6 Å². The maximum atomic E-state index is 12.2. The summed E-state index contributed by atoms with van der Waals surface area (Å²) in [5.41, 5.74) is 1.15. The maximum Gasteiger partial charge on any atom is 0.255 e. The van der Waals surface area contributed by atoms with Crippen LogP contribution in [0.25, 0.3) is 0 Å². The maximum absolute atomic E-state index is 12.2. The lowest BCUT2D eigenvalue weighted by Gasteiger charge is -2.07. The first-order valence-corrected chi connectivity index (χ1v) is 6.83. The Morgan fingerprint density at radius 3 is 2.76 bits per heavy atom. The monoisotopic (exact) mass is 286 g/mol. The van der Waals surface area contributed by atoms with Crippen molar-refractivity contribution in [2.75, 3.05) is 23.8 Å². The van der Waals surface area contributed by atoms with Crippen LogP contribution in [0.5, 0.6) is 5.88 Å². The third kappa shape index (κ3) is 4.17. The van der Waals surface area contributed by atoms with Crippen molar-refractivity contribution in [1.29, 1.82) is 0 Å². The van der Waals surface area contributed by atoms with Crippen LogP contribution in [0.3, 0.4) is 0 Å². The molecule has 0 aliphatic heterocycles. The predicted octanol–water partition coefficient (Wildman–Crippen LogP) is 2.56. The van der Waals surface area contributed by atoms with Gasteiger partial charge in [0, 0.05) is 24.4 Å². The molecule has 2 N–H and O–H groups in total. The van der Waals surface area contributed by atoms with Gasteiger partial charge in [-0.05, 0) is 32.0 Å². The summed E-state index contributed by atoms with van der Waals surface area (Å²) in [4.78, 5) is 20.4. The van der Waals surface area contributed by atoms with Crippen LogP contribution in [0.1, 0.15) is 24.2 Å². The number of aromatic nitrogens is 2. The zero-order valence-corrected chi connectivity index (χ0v) is 12.1. The molecule has 0 fully saturated rings. The molecule has 0 radical (unpaired) electrons. The molecule has 21 heavy (non-hydrogen) atoms. The van der Waals surface area contributed by atoms with E-state index in [9.17, 15) is 4.79 Å². The van der Waals surface area contributed by atoms with Crippen LogP contribution in [0.15, 0.2) is 36.7 Å². The van der Waals surface area contributed by atoms with Crippen LogP contribution in [-0.4, -0.2) is 29.0 Å². The second-order valence-corrected chi connectivity index (χ2v) is 4.23. The van der Waals surface area contributed by atoms with E-state index in [4.69, 9.17) is 4.74 Å². The Morgan fingerprint density at radius 2 is 2.10 bits per heavy atom. The summed E-state index contributed by atoms with van der Waals surface area (Å²) in [6.07, 6.45) is 3.17. The summed E-state index contributed by atoms with van der Waals surface area (Å²) in [5, 5.41) is 5.85. The van der Waals surface area contributed by atoms with E-state index in [-0.39, 0.29) is 5.91 Å². The van der Waals surface area contributed by atoms with E-state index in [2.05, 4.69) is 20.6 Å². The van der Waals surface area contributed by atoms with E-state index in [1.165, 1.54) is 0 Å². The molecule has 0 bridgehead atoms. The number of anilines is 2. The lowest BCUT2D eigenvalue weighted by molar-refractivity contribution is 0.102. The van der Waals surface area contributed by atoms with Crippen molar-refractivity contribution in [1.82, 2.24) is 9.97 Å². The molecule has 2 rings (SSSR count). The molecular formula is C15H18N4O2. The highest BCUT2D eigenvalue weighted by Crippen LogP contribution is 2.14. The van der Waals surface area contributed by atoms with E-state index in [0.717, 1.165) is 6.54 Å². The number of carbonyl (C=O) groups excluding carboxylic acids is 1. The summed E-state index contributed by atoms with van der Waals surface area (Å²) in [5.74, 6) is 1.01. The van der Waals surface area contributed by atoms with Crippen molar-refractivity contribution < 1.29 is 9.53 Å². The van der Waals surface area contributed by atoms with Crippen LogP contribution in [0.2, 0.25) is 0 Å². The Morgan fingerprint density at radius 1 is 1.24 bits per heavy atom. The average Bonchev–Trinajstić information content (AvgIpc) is 2.50. The van der Waals surface area contributed by atoms with Crippen LogP contribution in [0, 0.1) is 0 Å². The smallest absolute Gasteiger partial charge is 0.255 e. The SMILES string of the molecule is CCNc1cc(C(=O)Nc2ccc(OCC)nc2)ccn1. The topological polar surface area (TPSA) is 76.1 Å². The van der Waals surface area contributed by atoms with Gasteiger partial charge in [-0.15, -0.1) is 0 Å². The summed E-state index contributed by atoms with van der Waals surface area (Å²) in [6, 6.07) is 6.84. The fourth-order valence-electron chi connectivity index (χ4n) is 1.74. The summed E-state index contributed by atoms with van der Waals surface area (Å²) >= 11 is 0. The fraction of sp³-hybridized carbons (Fsp3) is 0.267. The lowest BCUT2D eigenvalue weighted by atomic mass is 10.2. The first kappa shape index (κ1) is 14.8. The zero-order valence-electron chi connectivity index (χ0n) is 12.1. The van der Waals surface area contributed by atoms with Crippen molar-refractivity contribution in [3.8, 4) is 5.88 Å². The Bertz CT molecular complexity index is 599. The van der Waals surface area contributed by atoms with Crippen molar-refractivity contribution in [2.45, 2.75) is 13.8 Å². The van der Waals surface area contributed by atoms with Crippen LogP contribution < -0.4 is 15.4 Å². The normalized spacial score (nSPS) is 10.0. The molecule has 6 nitrogen and oxygen atoms in total. The molecule has 0 aliphatic rings. The van der Waals surface area contributed by atoms with Gasteiger partial charge in [0.2, 0.25) is 5.88 Å². The molecule has 110 valence electrons. The average molecular weight is 286 g/mol. The highest BCUT2D eigenvalue weighted by molar-refractivity contribution is 6.04. The molecule has 0 aliphatic carbocycles. The Kier molecular flexibility index (Phi) is 5.09. The summed E-state index contributed by atoms with van der Waals surface area (Å²) in [7, 11) is 0. The highest BCUT2D eigenvalue weighted by Gasteiger charge is 2.07. The van der Waals surface area contributed by atoms with Crippen molar-refractivity contribution in [3.63, 3.8) is 0 Å². The minimum Gasteiger partial charge on any atom is -0.478 e. The number of pyridine rings is 2. The van der Waals surface area contributed by atoms with Crippen molar-refractivity contribution in [2.24, 2.45) is 0 Å². The Labute approximate surface area is 123 Å². The van der Waals surface area contributed by atoms with Crippen LogP contribution in [0.4, 0.5) is 11.5 Å². The second-order valence-electron chi connectivity index (χ2n) is 4.23. The first-order valence-electron chi connectivity index (χ1n) is 6.83. The van der Waals surface area contributed by atoms with Crippen molar-refractivity contribution in [3.05, 3.63) is 42.2 Å². The number of ether oxygens (including phenoxy) is 1. The van der Waals surface area contributed by atoms with Gasteiger partial charge in [0.05, 0.1) is 18.5 Å². The lowest BCUT2D eigenvalue weighted by Crippen LogP contribution is -2.13. The van der Waals surface area contributed by atoms with Crippen LogP contribution >= 0.6 is 0 Å². The van der Waals surface area contributed by atoms with Gasteiger partial charge in [0.1, 0.15) is 5.82 Å². The molecule has 0 unspecified atom stereocenters. The van der Waals surface area contributed by atoms with Gasteiger partial charge in [0.25, 0.3) is 5.91 Å². The van der Waals surface area contributed by atoms with Gasteiger partial charge in [-0.3, -0.25) is 4.79 Å². The number of hydrogen-bond donors (Lipinski definition) is 2. The van der Waals surface area contributed by atoms with E-state index in [1.807, 2.05) is 13.8 Å². The van der Waals surface area contributed by atoms with Gasteiger partial charge in [0.15, 0.2) is 0 Å². The third-order valence-electron chi connectivity index (χ3n) is 2.67. The van der Waals surface area contributed by atoms with Gasteiger partial charge < -0.3 is 15.4 Å². The largest absolute Gasteiger partial charge is 0.478 e. The Balaban J connectivity index is 2.05. The zero-order chi connectivity index (χ0) is 15.1. The van der Waals surface area contributed by atoms with Gasteiger partial charge in [-0.25, -0.2) is 9.97 Å². The van der Waals surface area contributed by atoms with Gasteiger partial charge in [-0.2, -0.15) is 0 Å². The second kappa shape index (κ2) is 7.23. The van der Waals surface area contributed by atoms with E-state index in [1.54, 1.807) is 36.7 Å². The molecule has 2 heterocycles. The molecule has 1 amide bonds. The quantitative estimate of drug-likeness (QED) is 0.853. The fourth-order valence-corrected chi connectivity index (χ4v) is 1.74. The number of nitrogens with zero attached hydrogens (tertiary/aromatic N) is 2. The number of rotatable bonds is 6.